The van der Waals surface area contributed by atoms with Gasteiger partial charge in [-0.3, -0.25) is 14.9 Å². The van der Waals surface area contributed by atoms with Crippen LogP contribution in [-0.4, -0.2) is 39.4 Å². The lowest BCUT2D eigenvalue weighted by Gasteiger charge is -2.23. The van der Waals surface area contributed by atoms with Crippen molar-refractivity contribution in [2.45, 2.75) is 17.9 Å². The van der Waals surface area contributed by atoms with E-state index in [2.05, 4.69) is 16.0 Å². The van der Waals surface area contributed by atoms with Crippen molar-refractivity contribution in [3.63, 3.8) is 0 Å². The Labute approximate surface area is 122 Å². The third kappa shape index (κ3) is 3.78. The molecule has 0 radical (unpaired) electrons. The smallest absolute Gasteiger partial charge is 0.243 e. The van der Waals surface area contributed by atoms with Crippen molar-refractivity contribution < 1.29 is 18.0 Å². The van der Waals surface area contributed by atoms with Crippen molar-refractivity contribution >= 4 is 27.5 Å². The molecule has 1 aromatic rings. The van der Waals surface area contributed by atoms with Crippen LogP contribution in [0.2, 0.25) is 0 Å². The zero-order valence-electron chi connectivity index (χ0n) is 11.3. The average Bonchev–Trinajstić information content (AvgIpc) is 2.40. The molecule has 8 nitrogen and oxygen atoms in total. The Hall–Kier alpha value is -1.97. The maximum Gasteiger partial charge on any atom is 0.243 e. The van der Waals surface area contributed by atoms with Crippen LogP contribution in [0.1, 0.15) is 5.56 Å². The van der Waals surface area contributed by atoms with Gasteiger partial charge in [-0.2, -0.15) is 0 Å². The molecule has 9 heteroatoms. The fraction of sp³-hybridized carbons (Fsp3) is 0.333. The molecule has 0 saturated carbocycles. The van der Waals surface area contributed by atoms with Crippen molar-refractivity contribution in [2.24, 2.45) is 5.14 Å². The second-order valence-electron chi connectivity index (χ2n) is 4.75. The van der Waals surface area contributed by atoms with Crippen LogP contribution in [-0.2, 0) is 19.6 Å². The molecule has 0 aromatic heterocycles. The number of sulfonamides is 1. The van der Waals surface area contributed by atoms with E-state index < -0.39 is 16.1 Å². The summed E-state index contributed by atoms with van der Waals surface area (Å²) in [4.78, 5) is 23.0. The summed E-state index contributed by atoms with van der Waals surface area (Å²) < 4.78 is 22.7. The minimum Gasteiger partial charge on any atom is -0.353 e. The largest absolute Gasteiger partial charge is 0.353 e. The Kier molecular flexibility index (Phi) is 4.26. The maximum absolute atomic E-state index is 12.1. The number of nitrogens with one attached hydrogen (secondary N) is 3. The molecule has 1 aliphatic heterocycles. The summed E-state index contributed by atoms with van der Waals surface area (Å²) in [5.41, 5.74) is 1.07. The molecular weight excluding hydrogens is 296 g/mol. The van der Waals surface area contributed by atoms with Gasteiger partial charge >= 0.3 is 0 Å². The van der Waals surface area contributed by atoms with E-state index in [1.54, 1.807) is 13.0 Å². The van der Waals surface area contributed by atoms with Gasteiger partial charge in [-0.1, -0.05) is 6.07 Å². The molecule has 114 valence electrons. The fourth-order valence-corrected chi connectivity index (χ4v) is 2.42. The summed E-state index contributed by atoms with van der Waals surface area (Å²) in [7, 11) is -3.83. The number of piperazine rings is 1. The van der Waals surface area contributed by atoms with Crippen LogP contribution in [0, 0.1) is 6.92 Å². The summed E-state index contributed by atoms with van der Waals surface area (Å²) in [6.07, 6.45) is 0. The Balaban J connectivity index is 2.15. The van der Waals surface area contributed by atoms with E-state index in [0.29, 0.717) is 11.3 Å². The molecule has 1 heterocycles. The van der Waals surface area contributed by atoms with E-state index in [-0.39, 0.29) is 29.8 Å². The number of aryl methyl sites for hydroxylation is 1. The standard InChI is InChI=1S/C12H16N4O4S/c1-7-2-3-8(21(13,19)20)4-9(7)16-12(18)10-5-15-11(17)6-14-10/h2-4,10,14H,5-6H2,1H3,(H,15,17)(H,16,18)(H2,13,19,20). The summed E-state index contributed by atoms with van der Waals surface area (Å²) in [6.45, 7) is 1.98. The van der Waals surface area contributed by atoms with Crippen LogP contribution in [0.4, 0.5) is 5.69 Å². The molecule has 1 saturated heterocycles. The topological polar surface area (TPSA) is 130 Å². The zero-order chi connectivity index (χ0) is 15.6. The number of carbonyl (C=O) groups excluding carboxylic acids is 2. The normalized spacial score (nSPS) is 19.0. The number of anilines is 1. The van der Waals surface area contributed by atoms with Crippen molar-refractivity contribution in [1.82, 2.24) is 10.6 Å². The van der Waals surface area contributed by atoms with Crippen LogP contribution in [0.15, 0.2) is 23.1 Å². The first-order valence-electron chi connectivity index (χ1n) is 6.22. The third-order valence-corrected chi connectivity index (χ3v) is 4.04. The first kappa shape index (κ1) is 15.4. The van der Waals surface area contributed by atoms with Crippen LogP contribution in [0.3, 0.4) is 0 Å². The molecule has 0 spiro atoms. The van der Waals surface area contributed by atoms with E-state index in [1.165, 1.54) is 12.1 Å². The molecule has 5 N–H and O–H groups in total. The number of benzene rings is 1. The molecule has 0 aliphatic carbocycles. The van der Waals surface area contributed by atoms with Gasteiger partial charge in [0.15, 0.2) is 0 Å². The minimum absolute atomic E-state index is 0.0638. The second-order valence-corrected chi connectivity index (χ2v) is 6.31. The lowest BCUT2D eigenvalue weighted by atomic mass is 10.1. The van der Waals surface area contributed by atoms with E-state index in [9.17, 15) is 18.0 Å². The summed E-state index contributed by atoms with van der Waals surface area (Å²) in [5, 5.41) is 13.1. The van der Waals surface area contributed by atoms with Crippen LogP contribution >= 0.6 is 0 Å². The van der Waals surface area contributed by atoms with Gasteiger partial charge in [0.05, 0.1) is 11.4 Å². The first-order chi connectivity index (χ1) is 9.77. The van der Waals surface area contributed by atoms with Gasteiger partial charge in [0.25, 0.3) is 0 Å². The third-order valence-electron chi connectivity index (χ3n) is 3.12. The molecule has 1 unspecified atom stereocenters. The van der Waals surface area contributed by atoms with Crippen molar-refractivity contribution in [2.75, 3.05) is 18.4 Å². The van der Waals surface area contributed by atoms with Crippen molar-refractivity contribution in [3.8, 4) is 0 Å². The van der Waals surface area contributed by atoms with Gasteiger partial charge in [-0.25, -0.2) is 13.6 Å². The highest BCUT2D eigenvalue weighted by Crippen LogP contribution is 2.19. The first-order valence-corrected chi connectivity index (χ1v) is 7.76. The summed E-state index contributed by atoms with van der Waals surface area (Å²) in [6, 6.07) is 3.68. The lowest BCUT2D eigenvalue weighted by Crippen LogP contribution is -2.56. The highest BCUT2D eigenvalue weighted by Gasteiger charge is 2.24. The molecule has 21 heavy (non-hydrogen) atoms. The SMILES string of the molecule is Cc1ccc(S(N)(=O)=O)cc1NC(=O)C1CNC(=O)CN1. The molecule has 0 bridgehead atoms. The monoisotopic (exact) mass is 312 g/mol. The van der Waals surface area contributed by atoms with Crippen LogP contribution in [0.25, 0.3) is 0 Å². The van der Waals surface area contributed by atoms with Crippen LogP contribution in [0.5, 0.6) is 0 Å². The number of amides is 2. The average molecular weight is 312 g/mol. The zero-order valence-corrected chi connectivity index (χ0v) is 12.2. The number of hydrogen-bond acceptors (Lipinski definition) is 5. The van der Waals surface area contributed by atoms with E-state index >= 15 is 0 Å². The van der Waals surface area contributed by atoms with Gasteiger partial charge in [0.2, 0.25) is 21.8 Å². The van der Waals surface area contributed by atoms with E-state index in [1.807, 2.05) is 0 Å². The van der Waals surface area contributed by atoms with E-state index in [4.69, 9.17) is 5.14 Å². The van der Waals surface area contributed by atoms with Crippen molar-refractivity contribution in [1.29, 1.82) is 0 Å². The fourth-order valence-electron chi connectivity index (χ4n) is 1.88. The molecule has 1 aromatic carbocycles. The number of carbonyl (C=O) groups is 2. The quantitative estimate of drug-likeness (QED) is 0.549. The predicted molar refractivity (Wildman–Crippen MR) is 76.0 cm³/mol. The number of rotatable bonds is 3. The highest BCUT2D eigenvalue weighted by molar-refractivity contribution is 7.89. The van der Waals surface area contributed by atoms with Gasteiger partial charge in [0, 0.05) is 12.2 Å². The highest BCUT2D eigenvalue weighted by atomic mass is 32.2. The maximum atomic E-state index is 12.1. The minimum atomic E-state index is -3.83. The molecule has 1 fully saturated rings. The summed E-state index contributed by atoms with van der Waals surface area (Å²) in [5.74, 6) is -0.531. The number of nitrogens with two attached hydrogens (primary N) is 1. The molecular formula is C12H16N4O4S. The Morgan fingerprint density at radius 2 is 2.14 bits per heavy atom. The Morgan fingerprint density at radius 3 is 2.71 bits per heavy atom. The van der Waals surface area contributed by atoms with Crippen molar-refractivity contribution in [3.05, 3.63) is 23.8 Å². The van der Waals surface area contributed by atoms with Crippen LogP contribution < -0.4 is 21.1 Å². The lowest BCUT2D eigenvalue weighted by molar-refractivity contribution is -0.124. The number of primary sulfonamides is 1. The van der Waals surface area contributed by atoms with Gasteiger partial charge in [-0.15, -0.1) is 0 Å². The molecule has 2 rings (SSSR count). The molecule has 1 aliphatic rings. The molecule has 2 amide bonds. The number of hydrogen-bond donors (Lipinski definition) is 4. The Bertz CT molecular complexity index is 676. The van der Waals surface area contributed by atoms with Gasteiger partial charge in [0.1, 0.15) is 6.04 Å². The predicted octanol–water partition coefficient (Wildman–Crippen LogP) is -1.33. The Morgan fingerprint density at radius 1 is 1.43 bits per heavy atom. The van der Waals surface area contributed by atoms with E-state index in [0.717, 1.165) is 0 Å². The second kappa shape index (κ2) is 5.80. The molecule has 1 atom stereocenters. The van der Waals surface area contributed by atoms with Gasteiger partial charge < -0.3 is 10.6 Å². The summed E-state index contributed by atoms with van der Waals surface area (Å²) >= 11 is 0. The van der Waals surface area contributed by atoms with Gasteiger partial charge in [-0.05, 0) is 24.6 Å².